The van der Waals surface area contributed by atoms with Crippen molar-refractivity contribution in [3.8, 4) is 0 Å². The summed E-state index contributed by atoms with van der Waals surface area (Å²) in [5.41, 5.74) is 0. The Morgan fingerprint density at radius 2 is 2.25 bits per heavy atom. The van der Waals surface area contributed by atoms with Gasteiger partial charge in [0.05, 0.1) is 0 Å². The highest BCUT2D eigenvalue weighted by atomic mass is 16.3. The largest absolute Gasteiger partial charge is 0.396 e. The van der Waals surface area contributed by atoms with Crippen LogP contribution in [-0.4, -0.2) is 24.2 Å². The molecule has 0 heterocycles. The van der Waals surface area contributed by atoms with E-state index in [4.69, 9.17) is 5.11 Å². The molecular formula is C9H15NO2. The van der Waals surface area contributed by atoms with Crippen molar-refractivity contribution in [3.05, 3.63) is 24.3 Å². The van der Waals surface area contributed by atoms with Crippen LogP contribution in [0.25, 0.3) is 0 Å². The normalized spacial score (nSPS) is 11.2. The molecule has 0 aromatic carbocycles. The Morgan fingerprint density at radius 1 is 1.50 bits per heavy atom. The number of carbonyl (C=O) groups excluding carboxylic acids is 1. The number of rotatable bonds is 5. The average Bonchev–Trinajstić information content (AvgIpc) is 2.06. The van der Waals surface area contributed by atoms with Crippen LogP contribution in [0, 0.1) is 0 Å². The number of nitrogens with one attached hydrogen (secondary N) is 1. The summed E-state index contributed by atoms with van der Waals surface area (Å²) in [6, 6.07) is 0. The molecule has 0 bridgehead atoms. The molecule has 0 aromatic heterocycles. The SMILES string of the molecule is C/C=C/C=C/C(=O)NCCCO. The van der Waals surface area contributed by atoms with Gasteiger partial charge in [0.25, 0.3) is 0 Å². The van der Waals surface area contributed by atoms with E-state index in [9.17, 15) is 4.79 Å². The maximum Gasteiger partial charge on any atom is 0.243 e. The van der Waals surface area contributed by atoms with E-state index < -0.39 is 0 Å². The van der Waals surface area contributed by atoms with Gasteiger partial charge in [-0.15, -0.1) is 0 Å². The van der Waals surface area contributed by atoms with E-state index in [0.717, 1.165) is 0 Å². The van der Waals surface area contributed by atoms with Crippen molar-refractivity contribution in [2.75, 3.05) is 13.2 Å². The summed E-state index contributed by atoms with van der Waals surface area (Å²) in [4.78, 5) is 10.9. The summed E-state index contributed by atoms with van der Waals surface area (Å²) in [5, 5.41) is 11.0. The second-order valence-corrected chi connectivity index (χ2v) is 2.25. The first kappa shape index (κ1) is 10.9. The van der Waals surface area contributed by atoms with E-state index >= 15 is 0 Å². The molecule has 0 aliphatic rings. The van der Waals surface area contributed by atoms with Crippen LogP contribution in [-0.2, 0) is 4.79 Å². The molecule has 0 radical (unpaired) electrons. The van der Waals surface area contributed by atoms with Crippen molar-refractivity contribution in [2.45, 2.75) is 13.3 Å². The van der Waals surface area contributed by atoms with E-state index in [-0.39, 0.29) is 12.5 Å². The third kappa shape index (κ3) is 7.02. The molecule has 0 aromatic rings. The van der Waals surface area contributed by atoms with Gasteiger partial charge in [-0.1, -0.05) is 18.2 Å². The van der Waals surface area contributed by atoms with Crippen LogP contribution in [0.4, 0.5) is 0 Å². The molecule has 2 N–H and O–H groups in total. The minimum absolute atomic E-state index is 0.110. The van der Waals surface area contributed by atoms with Gasteiger partial charge in [-0.2, -0.15) is 0 Å². The lowest BCUT2D eigenvalue weighted by Crippen LogP contribution is -2.22. The number of aliphatic hydroxyl groups excluding tert-OH is 1. The lowest BCUT2D eigenvalue weighted by Gasteiger charge is -1.97. The standard InChI is InChI=1S/C9H15NO2/c1-2-3-4-6-9(12)10-7-5-8-11/h2-4,6,11H,5,7-8H2,1H3,(H,10,12)/b3-2+,6-4+. The smallest absolute Gasteiger partial charge is 0.243 e. The van der Waals surface area contributed by atoms with E-state index in [0.29, 0.717) is 13.0 Å². The predicted octanol–water partition coefficient (Wildman–Crippen LogP) is 0.617. The molecule has 0 fully saturated rings. The zero-order valence-electron chi connectivity index (χ0n) is 7.29. The fourth-order valence-corrected chi connectivity index (χ4v) is 0.604. The van der Waals surface area contributed by atoms with Crippen molar-refractivity contribution in [1.29, 1.82) is 0 Å². The summed E-state index contributed by atoms with van der Waals surface area (Å²) in [5.74, 6) is -0.124. The molecule has 0 spiro atoms. The lowest BCUT2D eigenvalue weighted by atomic mass is 10.4. The number of hydrogen-bond donors (Lipinski definition) is 2. The summed E-state index contributed by atoms with van der Waals surface area (Å²) in [7, 11) is 0. The quantitative estimate of drug-likeness (QED) is 0.360. The van der Waals surface area contributed by atoms with Crippen LogP contribution in [0.3, 0.4) is 0 Å². The van der Waals surface area contributed by atoms with Crippen LogP contribution < -0.4 is 5.32 Å². The molecule has 0 aliphatic carbocycles. The first-order chi connectivity index (χ1) is 5.81. The third-order valence-electron chi connectivity index (χ3n) is 1.19. The van der Waals surface area contributed by atoms with Crippen molar-refractivity contribution < 1.29 is 9.90 Å². The molecule has 0 atom stereocenters. The van der Waals surface area contributed by atoms with Crippen LogP contribution in [0.2, 0.25) is 0 Å². The van der Waals surface area contributed by atoms with Crippen molar-refractivity contribution in [3.63, 3.8) is 0 Å². The van der Waals surface area contributed by atoms with E-state index in [2.05, 4.69) is 5.32 Å². The van der Waals surface area contributed by atoms with Gasteiger partial charge in [-0.05, 0) is 13.3 Å². The number of allylic oxidation sites excluding steroid dienone is 3. The summed E-state index contributed by atoms with van der Waals surface area (Å²) in [6.07, 6.45) is 7.36. The van der Waals surface area contributed by atoms with Gasteiger partial charge >= 0.3 is 0 Å². The summed E-state index contributed by atoms with van der Waals surface area (Å²) in [6.45, 7) is 2.52. The van der Waals surface area contributed by atoms with E-state index in [1.807, 2.05) is 13.0 Å². The zero-order valence-corrected chi connectivity index (χ0v) is 7.29. The average molecular weight is 169 g/mol. The molecular weight excluding hydrogens is 154 g/mol. The second kappa shape index (κ2) is 8.01. The molecule has 68 valence electrons. The Labute approximate surface area is 72.8 Å². The Kier molecular flexibility index (Phi) is 7.28. The van der Waals surface area contributed by atoms with Crippen LogP contribution in [0.5, 0.6) is 0 Å². The zero-order chi connectivity index (χ0) is 9.23. The highest BCUT2D eigenvalue weighted by Crippen LogP contribution is 1.78. The second-order valence-electron chi connectivity index (χ2n) is 2.25. The van der Waals surface area contributed by atoms with Gasteiger partial charge in [0.2, 0.25) is 5.91 Å². The third-order valence-corrected chi connectivity index (χ3v) is 1.19. The van der Waals surface area contributed by atoms with E-state index in [1.165, 1.54) is 6.08 Å². The lowest BCUT2D eigenvalue weighted by molar-refractivity contribution is -0.116. The van der Waals surface area contributed by atoms with Gasteiger partial charge in [0.1, 0.15) is 0 Å². The Hall–Kier alpha value is -1.09. The number of aliphatic hydroxyl groups is 1. The Morgan fingerprint density at radius 3 is 2.83 bits per heavy atom. The fourth-order valence-electron chi connectivity index (χ4n) is 0.604. The van der Waals surface area contributed by atoms with Gasteiger partial charge < -0.3 is 10.4 Å². The van der Waals surface area contributed by atoms with Gasteiger partial charge in [0, 0.05) is 19.2 Å². The van der Waals surface area contributed by atoms with Crippen LogP contribution >= 0.6 is 0 Å². The molecule has 0 aliphatic heterocycles. The van der Waals surface area contributed by atoms with Crippen LogP contribution in [0.1, 0.15) is 13.3 Å². The molecule has 3 nitrogen and oxygen atoms in total. The minimum atomic E-state index is -0.124. The highest BCUT2D eigenvalue weighted by Gasteiger charge is 1.90. The first-order valence-corrected chi connectivity index (χ1v) is 3.99. The van der Waals surface area contributed by atoms with Gasteiger partial charge in [-0.25, -0.2) is 0 Å². The fraction of sp³-hybridized carbons (Fsp3) is 0.444. The Bertz CT molecular complexity index is 173. The van der Waals surface area contributed by atoms with E-state index in [1.54, 1.807) is 12.2 Å². The molecule has 0 rings (SSSR count). The highest BCUT2D eigenvalue weighted by molar-refractivity contribution is 5.87. The Balaban J connectivity index is 3.45. The van der Waals surface area contributed by atoms with Crippen molar-refractivity contribution >= 4 is 5.91 Å². The summed E-state index contributed by atoms with van der Waals surface area (Å²) >= 11 is 0. The maximum absolute atomic E-state index is 10.9. The molecule has 12 heavy (non-hydrogen) atoms. The first-order valence-electron chi connectivity index (χ1n) is 3.99. The molecule has 3 heteroatoms. The van der Waals surface area contributed by atoms with Gasteiger partial charge in [-0.3, -0.25) is 4.79 Å². The minimum Gasteiger partial charge on any atom is -0.396 e. The predicted molar refractivity (Wildman–Crippen MR) is 48.7 cm³/mol. The van der Waals surface area contributed by atoms with Crippen molar-refractivity contribution in [1.82, 2.24) is 5.32 Å². The van der Waals surface area contributed by atoms with Crippen molar-refractivity contribution in [2.24, 2.45) is 0 Å². The molecule has 0 unspecified atom stereocenters. The molecule has 0 saturated carbocycles. The van der Waals surface area contributed by atoms with Crippen LogP contribution in [0.15, 0.2) is 24.3 Å². The number of carbonyl (C=O) groups is 1. The molecule has 0 saturated heterocycles. The summed E-state index contributed by atoms with van der Waals surface area (Å²) < 4.78 is 0. The topological polar surface area (TPSA) is 49.3 Å². The number of amides is 1. The number of hydrogen-bond acceptors (Lipinski definition) is 2. The molecule has 1 amide bonds. The monoisotopic (exact) mass is 169 g/mol. The van der Waals surface area contributed by atoms with Gasteiger partial charge in [0.15, 0.2) is 0 Å². The maximum atomic E-state index is 10.9.